The first-order chi connectivity index (χ1) is 13.0. The zero-order valence-electron chi connectivity index (χ0n) is 14.9. The van der Waals surface area contributed by atoms with Crippen LogP contribution in [0.15, 0.2) is 16.2 Å². The lowest BCUT2D eigenvalue weighted by atomic mass is 9.96. The maximum Gasteiger partial charge on any atom is 0.272 e. The van der Waals surface area contributed by atoms with E-state index < -0.39 is 0 Å². The van der Waals surface area contributed by atoms with Gasteiger partial charge < -0.3 is 10.6 Å². The Morgan fingerprint density at radius 2 is 2.04 bits per heavy atom. The van der Waals surface area contributed by atoms with Crippen LogP contribution in [0.1, 0.15) is 25.1 Å². The highest BCUT2D eigenvalue weighted by Crippen LogP contribution is 2.21. The van der Waals surface area contributed by atoms with Crippen molar-refractivity contribution in [3.8, 4) is 0 Å². The number of aryl methyl sites for hydroxylation is 2. The molecule has 3 aromatic heterocycles. The summed E-state index contributed by atoms with van der Waals surface area (Å²) >= 11 is 1.38. The summed E-state index contributed by atoms with van der Waals surface area (Å²) in [6.45, 7) is 1.10. The number of nitrogens with zero attached hydrogens (tertiary/aromatic N) is 5. The fourth-order valence-corrected chi connectivity index (χ4v) is 4.46. The number of carbonyl (C=O) groups is 2. The number of primary amides is 1. The third-order valence-electron chi connectivity index (χ3n) is 5.21. The van der Waals surface area contributed by atoms with Crippen LogP contribution in [-0.4, -0.2) is 49.0 Å². The summed E-state index contributed by atoms with van der Waals surface area (Å²) in [5, 5.41) is 10.2. The van der Waals surface area contributed by atoms with Gasteiger partial charge in [-0.05, 0) is 24.3 Å². The van der Waals surface area contributed by atoms with Crippen molar-refractivity contribution in [1.29, 1.82) is 0 Å². The van der Waals surface area contributed by atoms with Crippen molar-refractivity contribution < 1.29 is 9.59 Å². The minimum absolute atomic E-state index is 0.0288. The molecule has 4 heterocycles. The zero-order chi connectivity index (χ0) is 19.1. The van der Waals surface area contributed by atoms with E-state index >= 15 is 0 Å². The first-order valence-electron chi connectivity index (χ1n) is 8.84. The van der Waals surface area contributed by atoms with Crippen molar-refractivity contribution in [2.75, 3.05) is 13.1 Å². The standard InChI is InChI=1S/C17H20N6O3S/c1-21-16(26)14-11(6-9-27-14)23-12(19-20-17(21)23)2-3-13(24)22-7-4-10(5-8-22)15(18)25/h6,9-10H,2-5,7-8H2,1H3,(H2,18,25). The molecule has 2 amide bonds. The summed E-state index contributed by atoms with van der Waals surface area (Å²) in [6, 6.07) is 1.87. The molecule has 0 atom stereocenters. The van der Waals surface area contributed by atoms with Gasteiger partial charge in [0.05, 0.1) is 5.52 Å². The molecule has 9 nitrogen and oxygen atoms in total. The Balaban J connectivity index is 1.52. The Morgan fingerprint density at radius 3 is 2.74 bits per heavy atom. The van der Waals surface area contributed by atoms with Crippen LogP contribution in [0.25, 0.3) is 16.0 Å². The molecule has 1 saturated heterocycles. The molecule has 27 heavy (non-hydrogen) atoms. The molecule has 0 aromatic carbocycles. The van der Waals surface area contributed by atoms with Crippen molar-refractivity contribution in [2.24, 2.45) is 18.7 Å². The van der Waals surface area contributed by atoms with Crippen molar-refractivity contribution in [3.05, 3.63) is 27.6 Å². The second-order valence-corrected chi connectivity index (χ2v) is 7.72. The van der Waals surface area contributed by atoms with Gasteiger partial charge in [-0.15, -0.1) is 21.5 Å². The lowest BCUT2D eigenvalue weighted by Crippen LogP contribution is -2.41. The topological polar surface area (TPSA) is 116 Å². The highest BCUT2D eigenvalue weighted by atomic mass is 32.1. The van der Waals surface area contributed by atoms with Crippen molar-refractivity contribution in [3.63, 3.8) is 0 Å². The maximum atomic E-state index is 12.5. The van der Waals surface area contributed by atoms with Crippen molar-refractivity contribution >= 4 is 39.1 Å². The summed E-state index contributed by atoms with van der Waals surface area (Å²) < 4.78 is 3.97. The van der Waals surface area contributed by atoms with Crippen LogP contribution >= 0.6 is 11.3 Å². The number of fused-ring (bicyclic) bond motifs is 3. The van der Waals surface area contributed by atoms with Gasteiger partial charge in [0.25, 0.3) is 5.56 Å². The summed E-state index contributed by atoms with van der Waals surface area (Å²) in [5.74, 6) is 0.728. The SMILES string of the molecule is Cn1c(=O)c2sccc2n2c(CCC(=O)N3CCC(C(N)=O)CC3)nnc12. The number of thiophene rings is 1. The minimum Gasteiger partial charge on any atom is -0.369 e. The van der Waals surface area contributed by atoms with E-state index in [4.69, 9.17) is 5.73 Å². The fourth-order valence-electron chi connectivity index (χ4n) is 3.60. The number of aromatic nitrogens is 4. The Kier molecular flexibility index (Phi) is 4.42. The molecule has 0 aliphatic carbocycles. The van der Waals surface area contributed by atoms with Gasteiger partial charge in [-0.25, -0.2) is 0 Å². The van der Waals surface area contributed by atoms with E-state index in [0.717, 1.165) is 5.52 Å². The van der Waals surface area contributed by atoms with Crippen LogP contribution in [0.3, 0.4) is 0 Å². The Morgan fingerprint density at radius 1 is 1.30 bits per heavy atom. The first-order valence-corrected chi connectivity index (χ1v) is 9.72. The number of hydrogen-bond acceptors (Lipinski definition) is 6. The number of rotatable bonds is 4. The molecule has 0 unspecified atom stereocenters. The molecule has 142 valence electrons. The molecule has 2 N–H and O–H groups in total. The molecule has 1 aliphatic rings. The maximum absolute atomic E-state index is 12.5. The number of piperidine rings is 1. The van der Waals surface area contributed by atoms with E-state index in [2.05, 4.69) is 10.2 Å². The van der Waals surface area contributed by atoms with Crippen LogP contribution in [0.5, 0.6) is 0 Å². The van der Waals surface area contributed by atoms with E-state index in [1.54, 1.807) is 11.9 Å². The van der Waals surface area contributed by atoms with Gasteiger partial charge in [0.15, 0.2) is 0 Å². The van der Waals surface area contributed by atoms with Crippen molar-refractivity contribution in [1.82, 2.24) is 24.1 Å². The van der Waals surface area contributed by atoms with Crippen LogP contribution in [-0.2, 0) is 23.1 Å². The third kappa shape index (κ3) is 2.99. The average molecular weight is 388 g/mol. The minimum atomic E-state index is -0.289. The predicted octanol–water partition coefficient (Wildman–Crippen LogP) is 0.299. The van der Waals surface area contributed by atoms with Gasteiger partial charge in [-0.3, -0.25) is 23.4 Å². The van der Waals surface area contributed by atoms with Gasteiger partial charge in [0.1, 0.15) is 10.5 Å². The average Bonchev–Trinajstić information content (AvgIpc) is 3.31. The molecule has 4 rings (SSSR count). The quantitative estimate of drug-likeness (QED) is 0.690. The number of nitrogens with two attached hydrogens (primary N) is 1. The second kappa shape index (κ2) is 6.76. The normalized spacial score (nSPS) is 15.7. The van der Waals surface area contributed by atoms with E-state index in [1.807, 2.05) is 15.8 Å². The van der Waals surface area contributed by atoms with Gasteiger partial charge in [0, 0.05) is 38.9 Å². The van der Waals surface area contributed by atoms with Gasteiger partial charge in [0.2, 0.25) is 17.6 Å². The smallest absolute Gasteiger partial charge is 0.272 e. The predicted molar refractivity (Wildman–Crippen MR) is 100 cm³/mol. The number of amides is 2. The summed E-state index contributed by atoms with van der Waals surface area (Å²) in [4.78, 5) is 37.9. The molecule has 1 fully saturated rings. The summed E-state index contributed by atoms with van der Waals surface area (Å²) in [7, 11) is 1.67. The molecule has 3 aromatic rings. The third-order valence-corrected chi connectivity index (χ3v) is 6.10. The van der Waals surface area contributed by atoms with Crippen molar-refractivity contribution in [2.45, 2.75) is 25.7 Å². The monoisotopic (exact) mass is 388 g/mol. The summed E-state index contributed by atoms with van der Waals surface area (Å²) in [5.41, 5.74) is 6.01. The fraction of sp³-hybridized carbons (Fsp3) is 0.471. The molecule has 0 radical (unpaired) electrons. The number of hydrogen-bond donors (Lipinski definition) is 1. The Labute approximate surface area is 158 Å². The van der Waals surface area contributed by atoms with E-state index in [9.17, 15) is 14.4 Å². The largest absolute Gasteiger partial charge is 0.369 e. The second-order valence-electron chi connectivity index (χ2n) is 6.81. The molecule has 0 spiro atoms. The lowest BCUT2D eigenvalue weighted by molar-refractivity contribution is -0.134. The van der Waals surface area contributed by atoms with Crippen LogP contribution in [0, 0.1) is 5.92 Å². The van der Waals surface area contributed by atoms with E-state index in [-0.39, 0.29) is 23.3 Å². The first kappa shape index (κ1) is 17.7. The number of carbonyl (C=O) groups excluding carboxylic acids is 2. The van der Waals surface area contributed by atoms with E-state index in [0.29, 0.717) is 55.1 Å². The highest BCUT2D eigenvalue weighted by molar-refractivity contribution is 7.17. The Bertz CT molecular complexity index is 1090. The molecule has 1 aliphatic heterocycles. The van der Waals surface area contributed by atoms with Crippen LogP contribution in [0.2, 0.25) is 0 Å². The molecule has 0 bridgehead atoms. The van der Waals surface area contributed by atoms with Gasteiger partial charge in [-0.1, -0.05) is 0 Å². The lowest BCUT2D eigenvalue weighted by Gasteiger charge is -2.30. The molecular formula is C17H20N6O3S. The van der Waals surface area contributed by atoms with Crippen LogP contribution < -0.4 is 11.3 Å². The molecule has 0 saturated carbocycles. The molecule has 10 heteroatoms. The van der Waals surface area contributed by atoms with Crippen LogP contribution in [0.4, 0.5) is 0 Å². The van der Waals surface area contributed by atoms with E-state index in [1.165, 1.54) is 15.9 Å². The summed E-state index contributed by atoms with van der Waals surface area (Å²) in [6.07, 6.45) is 1.97. The molecular weight excluding hydrogens is 368 g/mol. The zero-order valence-corrected chi connectivity index (χ0v) is 15.7. The van der Waals surface area contributed by atoms with Gasteiger partial charge >= 0.3 is 0 Å². The number of likely N-dealkylation sites (tertiary alicyclic amines) is 1. The highest BCUT2D eigenvalue weighted by Gasteiger charge is 2.26. The van der Waals surface area contributed by atoms with Gasteiger partial charge in [-0.2, -0.15) is 0 Å². The Hall–Kier alpha value is -2.75.